The maximum absolute atomic E-state index is 13.6. The molecule has 0 aliphatic heterocycles. The molecule has 0 unspecified atom stereocenters. The smallest absolute Gasteiger partial charge is 0.412 e. The first-order valence-electron chi connectivity index (χ1n) is 15.0. The van der Waals surface area contributed by atoms with Crippen molar-refractivity contribution in [3.05, 3.63) is 127 Å². The second-order valence-corrected chi connectivity index (χ2v) is 13.6. The Balaban J connectivity index is 1.18. The molecule has 2 amide bonds. The summed E-state index contributed by atoms with van der Waals surface area (Å²) >= 11 is 0. The number of nitrogens with zero attached hydrogens (tertiary/aromatic N) is 3. The minimum atomic E-state index is -3.86. The molecule has 0 saturated heterocycles. The van der Waals surface area contributed by atoms with E-state index in [1.807, 2.05) is 18.2 Å². The van der Waals surface area contributed by atoms with Gasteiger partial charge in [0.15, 0.2) is 0 Å². The van der Waals surface area contributed by atoms with Crippen molar-refractivity contribution in [2.75, 3.05) is 16.0 Å². The second-order valence-electron chi connectivity index (χ2n) is 11.8. The molecule has 0 fully saturated rings. The lowest BCUT2D eigenvalue weighted by Crippen LogP contribution is -2.27. The van der Waals surface area contributed by atoms with Gasteiger partial charge in [-0.25, -0.2) is 27.2 Å². The Kier molecular flexibility index (Phi) is 8.66. The van der Waals surface area contributed by atoms with Gasteiger partial charge in [0.05, 0.1) is 16.1 Å². The third-order valence-electron chi connectivity index (χ3n) is 7.11. The molecular formula is C36H32N6O5S. The molecule has 4 aromatic carbocycles. The first-order chi connectivity index (χ1) is 23.0. The summed E-state index contributed by atoms with van der Waals surface area (Å²) in [6.07, 6.45) is 2.40. The Bertz CT molecular complexity index is 2230. The van der Waals surface area contributed by atoms with E-state index in [0.29, 0.717) is 45.2 Å². The number of carbonyl (C=O) groups excluding carboxylic acids is 2. The monoisotopic (exact) mass is 660 g/mol. The highest BCUT2D eigenvalue weighted by molar-refractivity contribution is 7.90. The zero-order chi connectivity index (χ0) is 33.9. The Morgan fingerprint density at radius 3 is 2.21 bits per heavy atom. The Morgan fingerprint density at radius 1 is 0.750 bits per heavy atom. The van der Waals surface area contributed by atoms with Crippen LogP contribution in [0.5, 0.6) is 0 Å². The lowest BCUT2D eigenvalue weighted by molar-refractivity contribution is 0.0635. The topological polar surface area (TPSA) is 144 Å². The van der Waals surface area contributed by atoms with Crippen molar-refractivity contribution in [3.8, 4) is 11.3 Å². The number of ether oxygens (including phenoxy) is 1. The largest absolute Gasteiger partial charge is 0.444 e. The summed E-state index contributed by atoms with van der Waals surface area (Å²) in [6, 6.07) is 30.9. The number of benzene rings is 4. The second kappa shape index (κ2) is 13.0. The number of rotatable bonds is 8. The molecule has 2 aromatic heterocycles. The van der Waals surface area contributed by atoms with Crippen LogP contribution in [0.25, 0.3) is 22.2 Å². The van der Waals surface area contributed by atoms with Crippen molar-refractivity contribution in [1.82, 2.24) is 13.9 Å². The lowest BCUT2D eigenvalue weighted by Gasteiger charge is -2.19. The fraction of sp³-hybridized carbons (Fsp3) is 0.111. The first kappa shape index (κ1) is 32.0. The molecule has 0 radical (unpaired) electrons. The van der Waals surface area contributed by atoms with Gasteiger partial charge < -0.3 is 15.4 Å². The average molecular weight is 661 g/mol. The summed E-state index contributed by atoms with van der Waals surface area (Å²) in [7, 11) is -3.86. The number of amides is 2. The van der Waals surface area contributed by atoms with E-state index in [2.05, 4.69) is 25.9 Å². The Hall–Kier alpha value is -6.01. The van der Waals surface area contributed by atoms with E-state index in [9.17, 15) is 18.0 Å². The van der Waals surface area contributed by atoms with E-state index < -0.39 is 21.7 Å². The number of carbonyl (C=O) groups is 2. The summed E-state index contributed by atoms with van der Waals surface area (Å²) in [5.41, 5.74) is 3.16. The SMILES string of the molecule is CC(C)(C)OC(=O)Nc1ccc(C(=O)Nc2cccc(Nc3cc(-c4cn(S(=O)(=O)c5ccccc5)c5ccccc45)ncn3)c2)cc1. The van der Waals surface area contributed by atoms with E-state index in [1.165, 1.54) is 10.3 Å². The number of anilines is 4. The number of aromatic nitrogens is 3. The van der Waals surface area contributed by atoms with Gasteiger partial charge in [-0.3, -0.25) is 10.1 Å². The van der Waals surface area contributed by atoms with Crippen molar-refractivity contribution in [1.29, 1.82) is 0 Å². The number of fused-ring (bicyclic) bond motifs is 1. The Morgan fingerprint density at radius 2 is 1.46 bits per heavy atom. The molecule has 0 saturated carbocycles. The quantitative estimate of drug-likeness (QED) is 0.151. The maximum atomic E-state index is 13.6. The molecule has 242 valence electrons. The Labute approximate surface area is 277 Å². The van der Waals surface area contributed by atoms with Gasteiger partial charge in [-0.15, -0.1) is 0 Å². The van der Waals surface area contributed by atoms with Crippen LogP contribution >= 0.6 is 0 Å². The van der Waals surface area contributed by atoms with Crippen LogP contribution in [0.15, 0.2) is 127 Å². The van der Waals surface area contributed by atoms with Gasteiger partial charge in [0.25, 0.3) is 15.9 Å². The van der Waals surface area contributed by atoms with E-state index in [0.717, 1.165) is 5.39 Å². The van der Waals surface area contributed by atoms with Gasteiger partial charge in [0.1, 0.15) is 17.7 Å². The summed E-state index contributed by atoms with van der Waals surface area (Å²) in [5, 5.41) is 9.49. The number of hydrogen-bond acceptors (Lipinski definition) is 8. The van der Waals surface area contributed by atoms with Crippen molar-refractivity contribution >= 4 is 55.8 Å². The number of para-hydroxylation sites is 1. The van der Waals surface area contributed by atoms with Gasteiger partial charge in [-0.2, -0.15) is 0 Å². The van der Waals surface area contributed by atoms with Crippen LogP contribution in [-0.4, -0.2) is 40.0 Å². The van der Waals surface area contributed by atoms with Gasteiger partial charge in [0.2, 0.25) is 0 Å². The first-order valence-corrected chi connectivity index (χ1v) is 16.4. The average Bonchev–Trinajstić information content (AvgIpc) is 3.46. The van der Waals surface area contributed by atoms with E-state index in [-0.39, 0.29) is 10.8 Å². The molecule has 6 rings (SSSR count). The maximum Gasteiger partial charge on any atom is 0.412 e. The normalized spacial score (nSPS) is 11.6. The number of hydrogen-bond donors (Lipinski definition) is 3. The van der Waals surface area contributed by atoms with Crippen LogP contribution in [0.1, 0.15) is 31.1 Å². The highest BCUT2D eigenvalue weighted by Crippen LogP contribution is 2.33. The molecule has 0 aliphatic carbocycles. The molecule has 12 heteroatoms. The van der Waals surface area contributed by atoms with Crippen LogP contribution in [0, 0.1) is 0 Å². The van der Waals surface area contributed by atoms with Crippen LogP contribution in [-0.2, 0) is 14.8 Å². The number of nitrogens with one attached hydrogen (secondary N) is 3. The van der Waals surface area contributed by atoms with Crippen molar-refractivity contribution in [2.45, 2.75) is 31.3 Å². The van der Waals surface area contributed by atoms with Crippen LogP contribution in [0.4, 0.5) is 27.7 Å². The van der Waals surface area contributed by atoms with E-state index in [4.69, 9.17) is 4.74 Å². The summed E-state index contributed by atoms with van der Waals surface area (Å²) in [4.78, 5) is 34.0. The van der Waals surface area contributed by atoms with E-state index in [1.54, 1.807) is 118 Å². The lowest BCUT2D eigenvalue weighted by atomic mass is 10.1. The van der Waals surface area contributed by atoms with Crippen LogP contribution < -0.4 is 16.0 Å². The molecule has 48 heavy (non-hydrogen) atoms. The van der Waals surface area contributed by atoms with Crippen molar-refractivity contribution in [2.24, 2.45) is 0 Å². The summed E-state index contributed by atoms with van der Waals surface area (Å²) in [6.45, 7) is 5.33. The van der Waals surface area contributed by atoms with Gasteiger partial charge in [-0.1, -0.05) is 42.5 Å². The molecule has 2 heterocycles. The molecule has 3 N–H and O–H groups in total. The van der Waals surface area contributed by atoms with Gasteiger partial charge in [0, 0.05) is 45.8 Å². The fourth-order valence-electron chi connectivity index (χ4n) is 4.98. The zero-order valence-electron chi connectivity index (χ0n) is 26.3. The minimum Gasteiger partial charge on any atom is -0.444 e. The van der Waals surface area contributed by atoms with Crippen molar-refractivity contribution in [3.63, 3.8) is 0 Å². The molecule has 6 aromatic rings. The molecule has 0 aliphatic rings. The highest BCUT2D eigenvalue weighted by atomic mass is 32.2. The fourth-order valence-corrected chi connectivity index (χ4v) is 6.37. The van der Waals surface area contributed by atoms with Crippen molar-refractivity contribution < 1.29 is 22.7 Å². The van der Waals surface area contributed by atoms with Gasteiger partial charge >= 0.3 is 6.09 Å². The molecule has 0 bridgehead atoms. The van der Waals surface area contributed by atoms with Crippen LogP contribution in [0.3, 0.4) is 0 Å². The van der Waals surface area contributed by atoms with Crippen LogP contribution in [0.2, 0.25) is 0 Å². The predicted molar refractivity (Wildman–Crippen MR) is 186 cm³/mol. The molecular weight excluding hydrogens is 628 g/mol. The van der Waals surface area contributed by atoms with E-state index >= 15 is 0 Å². The van der Waals surface area contributed by atoms with Gasteiger partial charge in [-0.05, 0) is 81.4 Å². The molecule has 0 atom stereocenters. The standard InChI is InChI=1S/C36H32N6O5S/c1-36(2,3)47-35(44)41-25-18-16-24(17-19-25)34(43)40-27-11-9-10-26(20-27)39-33-21-31(37-23-38-33)30-22-42(32-15-8-7-14-29(30)32)48(45,46)28-12-5-4-6-13-28/h4-23H,1-3H3,(H,40,43)(H,41,44)(H,37,38,39). The third kappa shape index (κ3) is 7.18. The summed E-state index contributed by atoms with van der Waals surface area (Å²) < 4.78 is 33.7. The molecule has 11 nitrogen and oxygen atoms in total. The highest BCUT2D eigenvalue weighted by Gasteiger charge is 2.22. The zero-order valence-corrected chi connectivity index (χ0v) is 27.2. The molecule has 0 spiro atoms. The third-order valence-corrected chi connectivity index (χ3v) is 8.79. The minimum absolute atomic E-state index is 0.182. The summed E-state index contributed by atoms with van der Waals surface area (Å²) in [5.74, 6) is 0.140. The predicted octanol–water partition coefficient (Wildman–Crippen LogP) is 7.68.